The molecule has 1 N–H and O–H groups in total. The standard InChI is InChI=1S/C14H23NO2.C3H3NO2S2/c1-9(15-13(2,3)4)12-10(16)7-14(5,6)8-11(12)17;1-4-2(5)7-8-3(4)6/h16H,7-8H2,1-6H3;1H3. The first-order chi connectivity index (χ1) is 11.2. The summed E-state index contributed by atoms with van der Waals surface area (Å²) in [7, 11) is 3.41. The van der Waals surface area contributed by atoms with Crippen LogP contribution >= 0.6 is 20.7 Å². The second-order valence-corrected chi connectivity index (χ2v) is 9.92. The fourth-order valence-electron chi connectivity index (χ4n) is 2.52. The fraction of sp³-hybridized carbons (Fsp3) is 0.647. The number of hydrogen-bond donors (Lipinski definition) is 1. The molecule has 0 fully saturated rings. The molecule has 0 amide bonds. The molecule has 1 heterocycles. The van der Waals surface area contributed by atoms with Gasteiger partial charge in [0.2, 0.25) is 0 Å². The van der Waals surface area contributed by atoms with Crippen molar-refractivity contribution in [3.05, 3.63) is 30.7 Å². The number of Topliss-reactive ketones (excluding diaryl/α,β-unsaturated/α-hetero) is 1. The predicted octanol–water partition coefficient (Wildman–Crippen LogP) is 3.32. The maximum atomic E-state index is 12.0. The third-order valence-corrected chi connectivity index (χ3v) is 5.47. The number of hydrogen-bond acceptors (Lipinski definition) is 7. The average Bonchev–Trinajstić information content (AvgIpc) is 2.66. The van der Waals surface area contributed by atoms with Gasteiger partial charge in [0.15, 0.2) is 5.78 Å². The van der Waals surface area contributed by atoms with Gasteiger partial charge in [0.05, 0.1) is 11.1 Å². The van der Waals surface area contributed by atoms with Crippen LogP contribution in [0.1, 0.15) is 54.4 Å². The zero-order chi connectivity index (χ0) is 19.6. The fourth-order valence-corrected chi connectivity index (χ4v) is 4.20. The number of aliphatic imine (C=N–C) groups is 1. The first kappa shape index (κ1) is 21.5. The summed E-state index contributed by atoms with van der Waals surface area (Å²) in [5, 5.41) is 10.0. The van der Waals surface area contributed by atoms with E-state index in [1.807, 2.05) is 34.6 Å². The smallest absolute Gasteiger partial charge is 0.320 e. The van der Waals surface area contributed by atoms with E-state index in [0.717, 1.165) is 25.2 Å². The van der Waals surface area contributed by atoms with E-state index in [9.17, 15) is 19.5 Å². The van der Waals surface area contributed by atoms with Gasteiger partial charge in [-0.2, -0.15) is 0 Å². The zero-order valence-electron chi connectivity index (χ0n) is 15.8. The normalized spacial score (nSPS) is 18.0. The lowest BCUT2D eigenvalue weighted by Crippen LogP contribution is -2.29. The SMILES string of the molecule is CC(=NC(C)(C)C)C1=C(O)CC(C)(C)CC1=O.Cn1c(=O)ssc1=O. The second kappa shape index (κ2) is 7.78. The highest BCUT2D eigenvalue weighted by Gasteiger charge is 2.34. The second-order valence-electron chi connectivity index (χ2n) is 7.89. The maximum absolute atomic E-state index is 12.0. The van der Waals surface area contributed by atoms with Gasteiger partial charge in [0.1, 0.15) is 5.76 Å². The summed E-state index contributed by atoms with van der Waals surface area (Å²) < 4.78 is 1.09. The molecule has 0 saturated heterocycles. The number of rotatable bonds is 1. The van der Waals surface area contributed by atoms with Gasteiger partial charge >= 0.3 is 9.75 Å². The van der Waals surface area contributed by atoms with Gasteiger partial charge in [-0.3, -0.25) is 23.9 Å². The van der Waals surface area contributed by atoms with Gasteiger partial charge in [-0.15, -0.1) is 0 Å². The first-order valence-electron chi connectivity index (χ1n) is 7.92. The molecule has 25 heavy (non-hydrogen) atoms. The van der Waals surface area contributed by atoms with Crippen LogP contribution in [0.2, 0.25) is 0 Å². The predicted molar refractivity (Wildman–Crippen MR) is 104 cm³/mol. The number of allylic oxidation sites excluding steroid dienone is 2. The largest absolute Gasteiger partial charge is 0.511 e. The molecule has 0 saturated carbocycles. The monoisotopic (exact) mass is 386 g/mol. The highest BCUT2D eigenvalue weighted by atomic mass is 32.9. The Bertz CT molecular complexity index is 789. The molecule has 0 radical (unpaired) electrons. The van der Waals surface area contributed by atoms with Crippen LogP contribution in [0, 0.1) is 5.41 Å². The highest BCUT2D eigenvalue weighted by molar-refractivity contribution is 7.67. The van der Waals surface area contributed by atoms with E-state index in [1.54, 1.807) is 6.92 Å². The van der Waals surface area contributed by atoms with Crippen molar-refractivity contribution in [1.29, 1.82) is 0 Å². The summed E-state index contributed by atoms with van der Waals surface area (Å²) in [6.45, 7) is 11.7. The molecular weight excluding hydrogens is 360 g/mol. The van der Waals surface area contributed by atoms with Crippen LogP contribution in [-0.2, 0) is 11.8 Å². The number of aromatic nitrogens is 1. The van der Waals surface area contributed by atoms with Crippen molar-refractivity contribution in [3.63, 3.8) is 0 Å². The Hall–Kier alpha value is -1.54. The van der Waals surface area contributed by atoms with Crippen LogP contribution in [0.15, 0.2) is 25.9 Å². The van der Waals surface area contributed by atoms with E-state index >= 15 is 0 Å². The molecule has 0 aliphatic heterocycles. The number of ketones is 1. The Morgan fingerprint density at radius 2 is 1.60 bits per heavy atom. The lowest BCUT2D eigenvalue weighted by molar-refractivity contribution is -0.117. The Morgan fingerprint density at radius 3 is 1.92 bits per heavy atom. The van der Waals surface area contributed by atoms with Crippen molar-refractivity contribution in [1.82, 2.24) is 4.57 Å². The van der Waals surface area contributed by atoms with E-state index in [2.05, 4.69) is 4.99 Å². The summed E-state index contributed by atoms with van der Waals surface area (Å²) in [4.78, 5) is 37.0. The molecule has 0 aromatic carbocycles. The van der Waals surface area contributed by atoms with E-state index in [4.69, 9.17) is 0 Å². The van der Waals surface area contributed by atoms with Crippen LogP contribution in [0.25, 0.3) is 0 Å². The van der Waals surface area contributed by atoms with Crippen LogP contribution < -0.4 is 9.75 Å². The van der Waals surface area contributed by atoms with E-state index in [1.165, 1.54) is 7.05 Å². The molecule has 0 spiro atoms. The van der Waals surface area contributed by atoms with Crippen molar-refractivity contribution >= 4 is 32.2 Å². The van der Waals surface area contributed by atoms with E-state index in [-0.39, 0.29) is 32.2 Å². The third kappa shape index (κ3) is 6.36. The topological polar surface area (TPSA) is 88.7 Å². The maximum Gasteiger partial charge on any atom is 0.320 e. The average molecular weight is 387 g/mol. The van der Waals surface area contributed by atoms with Crippen molar-refractivity contribution in [2.24, 2.45) is 17.5 Å². The molecule has 0 unspecified atom stereocenters. The van der Waals surface area contributed by atoms with Crippen LogP contribution in [0.4, 0.5) is 0 Å². The van der Waals surface area contributed by atoms with Gasteiger partial charge in [-0.25, -0.2) is 0 Å². The van der Waals surface area contributed by atoms with E-state index in [0.29, 0.717) is 24.1 Å². The highest BCUT2D eigenvalue weighted by Crippen LogP contribution is 2.36. The summed E-state index contributed by atoms with van der Waals surface area (Å²) >= 11 is 0. The molecule has 8 heteroatoms. The molecule has 6 nitrogen and oxygen atoms in total. The molecule has 1 aliphatic carbocycles. The molecule has 1 aliphatic rings. The minimum atomic E-state index is -0.232. The van der Waals surface area contributed by atoms with Gasteiger partial charge in [-0.05, 0) is 53.8 Å². The Morgan fingerprint density at radius 1 is 1.12 bits per heavy atom. The molecule has 1 aromatic heterocycles. The molecule has 0 atom stereocenters. The molecule has 0 bridgehead atoms. The van der Waals surface area contributed by atoms with Crippen LogP contribution in [0.3, 0.4) is 0 Å². The molecule has 140 valence electrons. The molecular formula is C17H26N2O4S2. The number of carbonyl (C=O) groups excluding carboxylic acids is 1. The van der Waals surface area contributed by atoms with Crippen molar-refractivity contribution in [2.75, 3.05) is 0 Å². The number of carbonyl (C=O) groups is 1. The lowest BCUT2D eigenvalue weighted by atomic mass is 9.75. The van der Waals surface area contributed by atoms with Gasteiger partial charge in [-0.1, -0.05) is 13.8 Å². The summed E-state index contributed by atoms with van der Waals surface area (Å²) in [6, 6.07) is 0. The quantitative estimate of drug-likeness (QED) is 0.592. The summed E-state index contributed by atoms with van der Waals surface area (Å²) in [6.07, 6.45) is 1.02. The zero-order valence-corrected chi connectivity index (χ0v) is 17.4. The lowest BCUT2D eigenvalue weighted by Gasteiger charge is -2.30. The van der Waals surface area contributed by atoms with Crippen molar-refractivity contribution in [3.8, 4) is 0 Å². The summed E-state index contributed by atoms with van der Waals surface area (Å²) in [5.74, 6) is 0.195. The van der Waals surface area contributed by atoms with Crippen molar-refractivity contribution < 1.29 is 9.90 Å². The van der Waals surface area contributed by atoms with Gasteiger partial charge in [0.25, 0.3) is 0 Å². The number of nitrogens with zero attached hydrogens (tertiary/aromatic N) is 2. The summed E-state index contributed by atoms with van der Waals surface area (Å²) in [5.41, 5.74) is 0.701. The minimum Gasteiger partial charge on any atom is -0.511 e. The molecule has 1 aromatic rings. The van der Waals surface area contributed by atoms with Gasteiger partial charge < -0.3 is 5.11 Å². The molecule has 2 rings (SSSR count). The van der Waals surface area contributed by atoms with Gasteiger partial charge in [0, 0.05) is 25.6 Å². The number of aliphatic hydroxyl groups excluding tert-OH is 1. The first-order valence-corrected chi connectivity index (χ1v) is 10.1. The van der Waals surface area contributed by atoms with Crippen LogP contribution in [-0.4, -0.2) is 26.7 Å². The third-order valence-electron chi connectivity index (χ3n) is 3.45. The van der Waals surface area contributed by atoms with Crippen molar-refractivity contribution in [2.45, 2.75) is 59.9 Å². The minimum absolute atomic E-state index is 0.00394. The van der Waals surface area contributed by atoms with Crippen LogP contribution in [0.5, 0.6) is 0 Å². The Balaban J connectivity index is 0.000000324. The van der Waals surface area contributed by atoms with E-state index < -0.39 is 0 Å². The Labute approximate surface area is 154 Å². The number of aliphatic hydroxyl groups is 1. The Kier molecular flexibility index (Phi) is 6.69.